The Morgan fingerprint density at radius 3 is 3.06 bits per heavy atom. The average molecular weight is 236 g/mol. The quantitative estimate of drug-likeness (QED) is 0.857. The number of aromatic nitrogens is 2. The fraction of sp³-hybridized carbons (Fsp3) is 0.273. The molecule has 0 bridgehead atoms. The minimum Gasteiger partial charge on any atom is -0.481 e. The van der Waals surface area contributed by atoms with Gasteiger partial charge in [0.25, 0.3) is 0 Å². The minimum absolute atomic E-state index is 0.160. The molecule has 0 saturated carbocycles. The number of rotatable bonds is 4. The van der Waals surface area contributed by atoms with E-state index in [1.54, 1.807) is 11.3 Å². The van der Waals surface area contributed by atoms with E-state index in [1.165, 1.54) is 0 Å². The third-order valence-corrected chi connectivity index (χ3v) is 3.54. The molecule has 0 fully saturated rings. The van der Waals surface area contributed by atoms with Crippen LogP contribution in [0.5, 0.6) is 0 Å². The lowest BCUT2D eigenvalue weighted by atomic mass is 10.2. The number of hydrogen-bond acceptors (Lipinski definition) is 3. The van der Waals surface area contributed by atoms with Gasteiger partial charge in [-0.2, -0.15) is 0 Å². The van der Waals surface area contributed by atoms with E-state index in [0.717, 1.165) is 21.3 Å². The van der Waals surface area contributed by atoms with E-state index >= 15 is 0 Å². The highest BCUT2D eigenvalue weighted by Gasteiger charge is 2.10. The molecule has 0 aliphatic carbocycles. The van der Waals surface area contributed by atoms with E-state index in [0.29, 0.717) is 6.42 Å². The smallest absolute Gasteiger partial charge is 0.303 e. The van der Waals surface area contributed by atoms with Crippen molar-refractivity contribution in [3.8, 4) is 10.7 Å². The zero-order valence-electron chi connectivity index (χ0n) is 8.86. The first-order valence-electron chi connectivity index (χ1n) is 4.98. The number of nitrogens with one attached hydrogen (secondary N) is 1. The van der Waals surface area contributed by atoms with Crippen LogP contribution in [-0.4, -0.2) is 21.0 Å². The summed E-state index contributed by atoms with van der Waals surface area (Å²) in [4.78, 5) is 19.1. The van der Waals surface area contributed by atoms with Crippen molar-refractivity contribution in [2.45, 2.75) is 19.8 Å². The molecule has 2 aromatic heterocycles. The summed E-state index contributed by atoms with van der Waals surface area (Å²) >= 11 is 1.55. The number of aromatic amines is 1. The second kappa shape index (κ2) is 4.49. The molecular weight excluding hydrogens is 224 g/mol. The summed E-state index contributed by atoms with van der Waals surface area (Å²) in [5, 5.41) is 9.55. The van der Waals surface area contributed by atoms with Crippen molar-refractivity contribution in [3.05, 3.63) is 28.9 Å². The van der Waals surface area contributed by atoms with Gasteiger partial charge < -0.3 is 10.1 Å². The molecule has 0 radical (unpaired) electrons. The SMILES string of the molecule is Cc1nc(-c2ccc[nH]2)sc1CCC(=O)O. The molecule has 0 saturated heterocycles. The van der Waals surface area contributed by atoms with Crippen LogP contribution in [0.3, 0.4) is 0 Å². The Labute approximate surface area is 97.0 Å². The number of thiazole rings is 1. The third-order valence-electron chi connectivity index (χ3n) is 2.29. The average Bonchev–Trinajstić information content (AvgIpc) is 2.83. The molecule has 5 heteroatoms. The van der Waals surface area contributed by atoms with Crippen LogP contribution in [0.1, 0.15) is 17.0 Å². The monoisotopic (exact) mass is 236 g/mol. The van der Waals surface area contributed by atoms with E-state index in [2.05, 4.69) is 9.97 Å². The lowest BCUT2D eigenvalue weighted by Crippen LogP contribution is -1.96. The van der Waals surface area contributed by atoms with Gasteiger partial charge in [0.15, 0.2) is 0 Å². The Morgan fingerprint density at radius 2 is 2.44 bits per heavy atom. The first kappa shape index (κ1) is 10.9. The van der Waals surface area contributed by atoms with Gasteiger partial charge in [-0.05, 0) is 25.5 Å². The fourth-order valence-corrected chi connectivity index (χ4v) is 2.51. The van der Waals surface area contributed by atoms with Crippen molar-refractivity contribution in [1.82, 2.24) is 9.97 Å². The molecule has 2 heterocycles. The molecule has 0 unspecified atom stereocenters. The molecule has 2 aromatic rings. The van der Waals surface area contributed by atoms with Gasteiger partial charge in [0.1, 0.15) is 5.01 Å². The van der Waals surface area contributed by atoms with Crippen LogP contribution in [0, 0.1) is 6.92 Å². The maximum atomic E-state index is 10.5. The predicted octanol–water partition coefficient (Wildman–Crippen LogP) is 2.46. The van der Waals surface area contributed by atoms with Crippen LogP contribution < -0.4 is 0 Å². The van der Waals surface area contributed by atoms with Gasteiger partial charge in [0.2, 0.25) is 0 Å². The Hall–Kier alpha value is -1.62. The van der Waals surface area contributed by atoms with Gasteiger partial charge in [-0.3, -0.25) is 4.79 Å². The Kier molecular flexibility index (Phi) is 3.05. The molecule has 0 atom stereocenters. The van der Waals surface area contributed by atoms with E-state index in [1.807, 2.05) is 25.3 Å². The number of carbonyl (C=O) groups is 1. The van der Waals surface area contributed by atoms with Gasteiger partial charge in [0, 0.05) is 11.1 Å². The molecule has 0 spiro atoms. The predicted molar refractivity (Wildman–Crippen MR) is 62.6 cm³/mol. The van der Waals surface area contributed by atoms with Crippen molar-refractivity contribution >= 4 is 17.3 Å². The second-order valence-electron chi connectivity index (χ2n) is 3.51. The summed E-state index contributed by atoms with van der Waals surface area (Å²) in [6, 6.07) is 3.88. The zero-order valence-corrected chi connectivity index (χ0v) is 9.67. The lowest BCUT2D eigenvalue weighted by molar-refractivity contribution is -0.136. The number of carboxylic acids is 1. The standard InChI is InChI=1S/C11H12N2O2S/c1-7-9(4-5-10(14)15)16-11(13-7)8-3-2-6-12-8/h2-3,6,12H,4-5H2,1H3,(H,14,15). The maximum absolute atomic E-state index is 10.5. The number of nitrogens with zero attached hydrogens (tertiary/aromatic N) is 1. The Bertz CT molecular complexity index is 488. The highest BCUT2D eigenvalue weighted by atomic mass is 32.1. The molecule has 0 amide bonds. The highest BCUT2D eigenvalue weighted by Crippen LogP contribution is 2.27. The van der Waals surface area contributed by atoms with Crippen molar-refractivity contribution < 1.29 is 9.90 Å². The van der Waals surface area contributed by atoms with Crippen molar-refractivity contribution in [2.75, 3.05) is 0 Å². The maximum Gasteiger partial charge on any atom is 0.303 e. The van der Waals surface area contributed by atoms with E-state index in [4.69, 9.17) is 5.11 Å². The van der Waals surface area contributed by atoms with Crippen LogP contribution in [0.25, 0.3) is 10.7 Å². The number of aliphatic carboxylic acids is 1. The molecule has 2 N–H and O–H groups in total. The summed E-state index contributed by atoms with van der Waals surface area (Å²) in [6.07, 6.45) is 2.57. The van der Waals surface area contributed by atoms with Gasteiger partial charge in [-0.15, -0.1) is 11.3 Å². The number of H-pyrrole nitrogens is 1. The molecule has 0 aliphatic rings. The largest absolute Gasteiger partial charge is 0.481 e. The topological polar surface area (TPSA) is 66.0 Å². The minimum atomic E-state index is -0.769. The number of carboxylic acid groups (broad SMARTS) is 1. The summed E-state index contributed by atoms with van der Waals surface area (Å²) in [5.74, 6) is -0.769. The van der Waals surface area contributed by atoms with Gasteiger partial charge in [-0.1, -0.05) is 0 Å². The van der Waals surface area contributed by atoms with Crippen LogP contribution in [0.4, 0.5) is 0 Å². The molecule has 84 valence electrons. The van der Waals surface area contributed by atoms with Crippen LogP contribution in [0.15, 0.2) is 18.3 Å². The van der Waals surface area contributed by atoms with Gasteiger partial charge >= 0.3 is 5.97 Å². The van der Waals surface area contributed by atoms with Gasteiger partial charge in [-0.25, -0.2) is 4.98 Å². The van der Waals surface area contributed by atoms with Crippen molar-refractivity contribution in [2.24, 2.45) is 0 Å². The first-order chi connectivity index (χ1) is 7.66. The zero-order chi connectivity index (χ0) is 11.5. The van der Waals surface area contributed by atoms with E-state index in [-0.39, 0.29) is 6.42 Å². The molecule has 0 aromatic carbocycles. The Balaban J connectivity index is 2.19. The van der Waals surface area contributed by atoms with Crippen molar-refractivity contribution in [1.29, 1.82) is 0 Å². The van der Waals surface area contributed by atoms with Crippen LogP contribution >= 0.6 is 11.3 Å². The highest BCUT2D eigenvalue weighted by molar-refractivity contribution is 7.15. The normalized spacial score (nSPS) is 10.6. The summed E-state index contributed by atoms with van der Waals surface area (Å²) in [5.41, 5.74) is 1.91. The summed E-state index contributed by atoms with van der Waals surface area (Å²) < 4.78 is 0. The summed E-state index contributed by atoms with van der Waals surface area (Å²) in [7, 11) is 0. The third kappa shape index (κ3) is 2.30. The van der Waals surface area contributed by atoms with Crippen LogP contribution in [-0.2, 0) is 11.2 Å². The van der Waals surface area contributed by atoms with Gasteiger partial charge in [0.05, 0.1) is 17.8 Å². The van der Waals surface area contributed by atoms with E-state index in [9.17, 15) is 4.79 Å². The molecule has 0 aliphatic heterocycles. The molecule has 16 heavy (non-hydrogen) atoms. The molecular formula is C11H12N2O2S. The number of hydrogen-bond donors (Lipinski definition) is 2. The summed E-state index contributed by atoms with van der Waals surface area (Å²) in [6.45, 7) is 1.92. The molecule has 2 rings (SSSR count). The fourth-order valence-electron chi connectivity index (χ4n) is 1.46. The van der Waals surface area contributed by atoms with E-state index < -0.39 is 5.97 Å². The first-order valence-corrected chi connectivity index (χ1v) is 5.80. The number of aryl methyl sites for hydroxylation is 2. The Morgan fingerprint density at radius 1 is 1.62 bits per heavy atom. The lowest BCUT2D eigenvalue weighted by Gasteiger charge is -1.93. The van der Waals surface area contributed by atoms with Crippen LogP contribution in [0.2, 0.25) is 0 Å². The van der Waals surface area contributed by atoms with Crippen molar-refractivity contribution in [3.63, 3.8) is 0 Å². The molecule has 4 nitrogen and oxygen atoms in total. The second-order valence-corrected chi connectivity index (χ2v) is 4.59.